The number of aromatic nitrogens is 3. The summed E-state index contributed by atoms with van der Waals surface area (Å²) in [5, 5.41) is 13.3. The molecule has 0 saturated heterocycles. The number of hydrogen-bond donors (Lipinski definition) is 3. The smallest absolute Gasteiger partial charge is 0.191 e. The molecule has 0 aliphatic heterocycles. The van der Waals surface area contributed by atoms with E-state index in [1.165, 1.54) is 18.5 Å². The van der Waals surface area contributed by atoms with Crippen molar-refractivity contribution in [3.63, 3.8) is 0 Å². The van der Waals surface area contributed by atoms with E-state index in [1.54, 1.807) is 19.2 Å². The second kappa shape index (κ2) is 10.6. The summed E-state index contributed by atoms with van der Waals surface area (Å²) in [7, 11) is 1.73. The van der Waals surface area contributed by atoms with E-state index in [0.29, 0.717) is 13.1 Å². The molecule has 6 nitrogen and oxygen atoms in total. The first-order chi connectivity index (χ1) is 12.7. The lowest BCUT2D eigenvalue weighted by Gasteiger charge is -2.12. The highest BCUT2D eigenvalue weighted by Crippen LogP contribution is 2.15. The molecule has 0 radical (unpaired) electrons. The fraction of sp³-hybridized carbons (Fsp3) is 0.211. The molecule has 0 atom stereocenters. The fourth-order valence-electron chi connectivity index (χ4n) is 2.56. The fourth-order valence-corrected chi connectivity index (χ4v) is 2.56. The third-order valence-corrected chi connectivity index (χ3v) is 3.92. The number of aromatic amines is 1. The van der Waals surface area contributed by atoms with Gasteiger partial charge in [0.05, 0.1) is 0 Å². The van der Waals surface area contributed by atoms with Crippen LogP contribution in [0.15, 0.2) is 59.9 Å². The van der Waals surface area contributed by atoms with Gasteiger partial charge in [-0.15, -0.1) is 24.0 Å². The maximum Gasteiger partial charge on any atom is 0.191 e. The monoisotopic (exact) mass is 480 g/mol. The summed E-state index contributed by atoms with van der Waals surface area (Å²) in [6, 6.07) is 14.6. The average Bonchev–Trinajstić information content (AvgIpc) is 3.21. The predicted molar refractivity (Wildman–Crippen MR) is 116 cm³/mol. The molecule has 2 aromatic carbocycles. The molecular weight excluding hydrogens is 458 g/mol. The lowest BCUT2D eigenvalue weighted by atomic mass is 10.1. The van der Waals surface area contributed by atoms with Crippen LogP contribution in [-0.4, -0.2) is 34.7 Å². The van der Waals surface area contributed by atoms with Gasteiger partial charge in [-0.1, -0.05) is 30.3 Å². The second-order valence-electron chi connectivity index (χ2n) is 5.76. The van der Waals surface area contributed by atoms with Crippen molar-refractivity contribution in [3.05, 3.63) is 71.8 Å². The molecular formula is C19H22FIN6. The van der Waals surface area contributed by atoms with Crippen LogP contribution in [0.3, 0.4) is 0 Å². The minimum atomic E-state index is -0.216. The summed E-state index contributed by atoms with van der Waals surface area (Å²) >= 11 is 0. The molecule has 27 heavy (non-hydrogen) atoms. The standard InChI is InChI=1S/C19H21FN6.HI/c1-21-19(22-10-9-14-5-7-17(20)8-6-14)23-12-15-3-2-4-16(11-15)18-24-13-25-26-18;/h2-8,11,13H,9-10,12H2,1H3,(H2,21,22,23)(H,24,25,26);1H. The first kappa shape index (κ1) is 20.8. The highest BCUT2D eigenvalue weighted by atomic mass is 127. The van der Waals surface area contributed by atoms with Crippen LogP contribution >= 0.6 is 24.0 Å². The van der Waals surface area contributed by atoms with Gasteiger partial charge in [0.25, 0.3) is 0 Å². The van der Waals surface area contributed by atoms with E-state index in [0.717, 1.165) is 34.9 Å². The molecule has 3 rings (SSSR count). The summed E-state index contributed by atoms with van der Waals surface area (Å²) in [5.41, 5.74) is 3.18. The van der Waals surface area contributed by atoms with Crippen molar-refractivity contribution in [1.82, 2.24) is 25.8 Å². The quantitative estimate of drug-likeness (QED) is 0.288. The molecule has 1 heterocycles. The summed E-state index contributed by atoms with van der Waals surface area (Å²) in [6.07, 6.45) is 2.29. The SMILES string of the molecule is CN=C(NCCc1ccc(F)cc1)NCc1cccc(-c2ncn[nH]2)c1.I. The molecule has 0 spiro atoms. The van der Waals surface area contributed by atoms with Crippen molar-refractivity contribution >= 4 is 29.9 Å². The lowest BCUT2D eigenvalue weighted by molar-refractivity contribution is 0.626. The largest absolute Gasteiger partial charge is 0.356 e. The van der Waals surface area contributed by atoms with Gasteiger partial charge in [0.1, 0.15) is 12.1 Å². The molecule has 3 N–H and O–H groups in total. The van der Waals surface area contributed by atoms with E-state index in [1.807, 2.05) is 18.2 Å². The highest BCUT2D eigenvalue weighted by Gasteiger charge is 2.03. The van der Waals surface area contributed by atoms with Gasteiger partial charge in [0.15, 0.2) is 11.8 Å². The van der Waals surface area contributed by atoms with Crippen molar-refractivity contribution in [2.24, 2.45) is 4.99 Å². The molecule has 0 unspecified atom stereocenters. The first-order valence-corrected chi connectivity index (χ1v) is 8.38. The number of nitrogens with one attached hydrogen (secondary N) is 3. The average molecular weight is 480 g/mol. The maximum atomic E-state index is 12.9. The number of benzene rings is 2. The van der Waals surface area contributed by atoms with Crippen molar-refractivity contribution < 1.29 is 4.39 Å². The number of guanidine groups is 1. The third kappa shape index (κ3) is 6.31. The number of halogens is 2. The van der Waals surface area contributed by atoms with E-state index < -0.39 is 0 Å². The molecule has 0 bridgehead atoms. The Morgan fingerprint density at radius 3 is 2.63 bits per heavy atom. The van der Waals surface area contributed by atoms with Gasteiger partial charge in [0.2, 0.25) is 0 Å². The zero-order valence-corrected chi connectivity index (χ0v) is 17.3. The molecule has 3 aromatic rings. The molecule has 0 fully saturated rings. The molecule has 0 aliphatic rings. The van der Waals surface area contributed by atoms with Gasteiger partial charge >= 0.3 is 0 Å². The van der Waals surface area contributed by atoms with Crippen LogP contribution in [0.4, 0.5) is 4.39 Å². The number of nitrogens with zero attached hydrogens (tertiary/aromatic N) is 3. The zero-order chi connectivity index (χ0) is 18.2. The van der Waals surface area contributed by atoms with Crippen LogP contribution in [0.25, 0.3) is 11.4 Å². The lowest BCUT2D eigenvalue weighted by Crippen LogP contribution is -2.37. The van der Waals surface area contributed by atoms with E-state index >= 15 is 0 Å². The Morgan fingerprint density at radius 1 is 1.11 bits per heavy atom. The highest BCUT2D eigenvalue weighted by molar-refractivity contribution is 14.0. The van der Waals surface area contributed by atoms with E-state index in [-0.39, 0.29) is 29.8 Å². The molecule has 8 heteroatoms. The first-order valence-electron chi connectivity index (χ1n) is 8.38. The number of aliphatic imine (C=N–C) groups is 1. The Labute approximate surface area is 174 Å². The van der Waals surface area contributed by atoms with E-state index in [4.69, 9.17) is 0 Å². The Hall–Kier alpha value is -2.49. The minimum Gasteiger partial charge on any atom is -0.356 e. The maximum absolute atomic E-state index is 12.9. The number of H-pyrrole nitrogens is 1. The molecule has 0 amide bonds. The molecule has 142 valence electrons. The summed E-state index contributed by atoms with van der Waals surface area (Å²) < 4.78 is 12.9. The van der Waals surface area contributed by atoms with Crippen LogP contribution < -0.4 is 10.6 Å². The van der Waals surface area contributed by atoms with E-state index in [9.17, 15) is 4.39 Å². The van der Waals surface area contributed by atoms with Gasteiger partial charge in [-0.05, 0) is 35.7 Å². The van der Waals surface area contributed by atoms with Gasteiger partial charge < -0.3 is 10.6 Å². The minimum absolute atomic E-state index is 0. The molecule has 0 aliphatic carbocycles. The van der Waals surface area contributed by atoms with Crippen LogP contribution in [-0.2, 0) is 13.0 Å². The summed E-state index contributed by atoms with van der Waals surface area (Å²) in [6.45, 7) is 1.35. The van der Waals surface area contributed by atoms with Gasteiger partial charge in [0, 0.05) is 25.7 Å². The van der Waals surface area contributed by atoms with Crippen LogP contribution in [0.2, 0.25) is 0 Å². The van der Waals surface area contributed by atoms with Crippen molar-refractivity contribution in [2.45, 2.75) is 13.0 Å². The van der Waals surface area contributed by atoms with Crippen molar-refractivity contribution in [2.75, 3.05) is 13.6 Å². The summed E-state index contributed by atoms with van der Waals surface area (Å²) in [5.74, 6) is 1.25. The third-order valence-electron chi connectivity index (χ3n) is 3.92. The normalized spacial score (nSPS) is 11.0. The molecule has 1 aromatic heterocycles. The second-order valence-corrected chi connectivity index (χ2v) is 5.76. The van der Waals surface area contributed by atoms with Crippen LogP contribution in [0, 0.1) is 5.82 Å². The Bertz CT molecular complexity index is 849. The number of rotatable bonds is 6. The van der Waals surface area contributed by atoms with Crippen LogP contribution in [0.5, 0.6) is 0 Å². The summed E-state index contributed by atoms with van der Waals surface area (Å²) in [4.78, 5) is 8.39. The Balaban J connectivity index is 0.00000261. The topological polar surface area (TPSA) is 78.0 Å². The van der Waals surface area contributed by atoms with Gasteiger partial charge in [-0.2, -0.15) is 5.10 Å². The van der Waals surface area contributed by atoms with Gasteiger partial charge in [-0.3, -0.25) is 10.1 Å². The Morgan fingerprint density at radius 2 is 1.93 bits per heavy atom. The zero-order valence-electron chi connectivity index (χ0n) is 14.9. The Kier molecular flexibility index (Phi) is 8.18. The van der Waals surface area contributed by atoms with Gasteiger partial charge in [-0.25, -0.2) is 9.37 Å². The molecule has 0 saturated carbocycles. The van der Waals surface area contributed by atoms with Crippen molar-refractivity contribution in [3.8, 4) is 11.4 Å². The van der Waals surface area contributed by atoms with Crippen molar-refractivity contribution in [1.29, 1.82) is 0 Å². The van der Waals surface area contributed by atoms with E-state index in [2.05, 4.69) is 36.9 Å². The van der Waals surface area contributed by atoms with Crippen LogP contribution in [0.1, 0.15) is 11.1 Å². The predicted octanol–water partition coefficient (Wildman–Crippen LogP) is 3.14. The number of hydrogen-bond acceptors (Lipinski definition) is 3.